The van der Waals surface area contributed by atoms with Crippen molar-refractivity contribution in [2.75, 3.05) is 0 Å². The molecule has 0 radical (unpaired) electrons. The van der Waals surface area contributed by atoms with E-state index in [2.05, 4.69) is 67.1 Å². The van der Waals surface area contributed by atoms with E-state index in [0.29, 0.717) is 31.6 Å². The summed E-state index contributed by atoms with van der Waals surface area (Å²) in [7, 11) is 0. The van der Waals surface area contributed by atoms with Crippen molar-refractivity contribution in [2.45, 2.75) is 78.8 Å². The molecule has 6 aliphatic heterocycles. The number of carbonyl (C=O) groups is 4. The van der Waals surface area contributed by atoms with Gasteiger partial charge in [-0.15, -0.1) is 0 Å². The fraction of sp³-hybridized carbons (Fsp3) is 0.350. The smallest absolute Gasteiger partial charge is 0.251 e. The van der Waals surface area contributed by atoms with Crippen LogP contribution in [-0.4, -0.2) is 41.8 Å². The number of benzene rings is 2. The summed E-state index contributed by atoms with van der Waals surface area (Å²) in [6.45, 7) is 10.9. The molecule has 8 heterocycles. The van der Waals surface area contributed by atoms with Crippen LogP contribution < -0.4 is 30.4 Å². The Balaban J connectivity index is 1.39. The average Bonchev–Trinajstić information content (AvgIpc) is 3.10. The number of aromatic nitrogens is 2. The Morgan fingerprint density at radius 3 is 1.60 bits per heavy atom. The molecule has 10 heteroatoms. The van der Waals surface area contributed by atoms with Crippen LogP contribution in [0.1, 0.15) is 68.1 Å². The number of hydrogen-bond donors (Lipinski definition) is 4. The maximum Gasteiger partial charge on any atom is 0.251 e. The molecule has 260 valence electrons. The number of nitrogens with zero attached hydrogens (tertiary/aromatic N) is 2. The van der Waals surface area contributed by atoms with Crippen LogP contribution in [0.15, 0.2) is 97.6 Å². The molecule has 8 bridgehead atoms. The Kier molecular flexibility index (Phi) is 11.7. The molecule has 50 heavy (non-hydrogen) atoms. The van der Waals surface area contributed by atoms with Gasteiger partial charge in [-0.1, -0.05) is 64.1 Å². The van der Waals surface area contributed by atoms with Crippen LogP contribution in [0.4, 0.5) is 0 Å². The molecular formula is C40H48N6O4+2. The predicted molar refractivity (Wildman–Crippen MR) is 190 cm³/mol. The molecule has 10 nitrogen and oxygen atoms in total. The largest absolute Gasteiger partial charge is 0.350 e. The highest BCUT2D eigenvalue weighted by Crippen LogP contribution is 2.16. The fourth-order valence-electron chi connectivity index (χ4n) is 5.90. The minimum absolute atomic E-state index is 0.0838. The number of carbonyl (C=O) groups excluding carboxylic acids is 4. The van der Waals surface area contributed by atoms with Gasteiger partial charge in [0.15, 0.2) is 37.9 Å². The number of rotatable bonds is 3. The summed E-state index contributed by atoms with van der Waals surface area (Å²) in [6.07, 6.45) is 8.58. The van der Waals surface area contributed by atoms with Gasteiger partial charge < -0.3 is 21.3 Å². The first-order chi connectivity index (χ1) is 23.9. The monoisotopic (exact) mass is 676 g/mol. The molecule has 4 aromatic rings. The van der Waals surface area contributed by atoms with Gasteiger partial charge >= 0.3 is 0 Å². The molecule has 10 rings (SSSR count). The van der Waals surface area contributed by atoms with Crippen LogP contribution in [0.3, 0.4) is 0 Å². The molecule has 6 aliphatic rings. The fourth-order valence-corrected chi connectivity index (χ4v) is 5.90. The van der Waals surface area contributed by atoms with Crippen molar-refractivity contribution in [3.63, 3.8) is 0 Å². The van der Waals surface area contributed by atoms with Crippen LogP contribution in [0, 0.1) is 11.8 Å². The van der Waals surface area contributed by atoms with Crippen molar-refractivity contribution >= 4 is 23.6 Å². The maximum atomic E-state index is 13.5. The lowest BCUT2D eigenvalue weighted by atomic mass is 9.99. The van der Waals surface area contributed by atoms with Crippen LogP contribution in [0.2, 0.25) is 0 Å². The van der Waals surface area contributed by atoms with E-state index in [-0.39, 0.29) is 23.7 Å². The van der Waals surface area contributed by atoms with E-state index < -0.39 is 29.9 Å². The molecule has 2 aromatic heterocycles. The minimum Gasteiger partial charge on any atom is -0.350 e. The van der Waals surface area contributed by atoms with E-state index in [0.717, 1.165) is 27.8 Å². The van der Waals surface area contributed by atoms with Gasteiger partial charge in [0.1, 0.15) is 18.1 Å². The topological polar surface area (TPSA) is 124 Å². The zero-order valence-corrected chi connectivity index (χ0v) is 29.5. The third kappa shape index (κ3) is 9.62. The Hall–Kier alpha value is -5.38. The first kappa shape index (κ1) is 35.9. The van der Waals surface area contributed by atoms with Crippen molar-refractivity contribution < 1.29 is 28.3 Å². The lowest BCUT2D eigenvalue weighted by Gasteiger charge is -2.27. The number of fused-ring (bicyclic) bond motifs is 2. The molecule has 0 spiro atoms. The van der Waals surface area contributed by atoms with E-state index in [9.17, 15) is 19.2 Å². The number of hydrogen-bond acceptors (Lipinski definition) is 4. The summed E-state index contributed by atoms with van der Waals surface area (Å²) in [5.74, 6) is -1.79. The second-order valence-electron chi connectivity index (χ2n) is 13.9. The molecule has 0 fully saturated rings. The number of pyridine rings is 2. The molecule has 4 amide bonds. The lowest BCUT2D eigenvalue weighted by Crippen LogP contribution is -2.57. The van der Waals surface area contributed by atoms with Crippen molar-refractivity contribution in [1.29, 1.82) is 0 Å². The Labute approximate surface area is 294 Å². The quantitative estimate of drug-likeness (QED) is 0.248. The predicted octanol–water partition coefficient (Wildman–Crippen LogP) is 3.45. The summed E-state index contributed by atoms with van der Waals surface area (Å²) < 4.78 is 4.20. The summed E-state index contributed by atoms with van der Waals surface area (Å²) >= 11 is 0. The van der Waals surface area contributed by atoms with Crippen molar-refractivity contribution in [3.8, 4) is 11.1 Å². The van der Waals surface area contributed by atoms with Gasteiger partial charge in [-0.2, -0.15) is 0 Å². The Morgan fingerprint density at radius 2 is 1.10 bits per heavy atom. The molecule has 4 N–H and O–H groups in total. The molecule has 0 aliphatic carbocycles. The van der Waals surface area contributed by atoms with Gasteiger partial charge in [-0.05, 0) is 54.0 Å². The first-order valence-electron chi connectivity index (χ1n) is 17.3. The second-order valence-corrected chi connectivity index (χ2v) is 13.9. The Morgan fingerprint density at radius 1 is 0.600 bits per heavy atom. The molecular weight excluding hydrogens is 628 g/mol. The standard InChI is InChI=1S/C40H46N6O4/c1-26(2)22-35-39(49)42-28(5)37(47)41-23-29-6-8-30(9-7-29)24-45-18-14-32(15-19-45)33-16-20-46(21-17-33)25-31-10-12-34(13-11-31)38(48)44-36(27(3)4)40(50)43-35/h6-21,26-28,35-36H,22-25H2,1-5H3,(H2-2,41,42,43,44,47,48,49,50)/p+2/t28-,35-,36-/m0/s1. The van der Waals surface area contributed by atoms with Crippen LogP contribution >= 0.6 is 0 Å². The van der Waals surface area contributed by atoms with Gasteiger partial charge in [0, 0.05) is 47.5 Å². The summed E-state index contributed by atoms with van der Waals surface area (Å²) in [6, 6.07) is 21.2. The normalized spacial score (nSPS) is 19.3. The molecule has 2 aromatic carbocycles. The van der Waals surface area contributed by atoms with E-state index in [4.69, 9.17) is 0 Å². The van der Waals surface area contributed by atoms with Gasteiger partial charge in [0.2, 0.25) is 17.7 Å². The van der Waals surface area contributed by atoms with E-state index in [1.54, 1.807) is 19.1 Å². The first-order valence-corrected chi connectivity index (χ1v) is 17.3. The summed E-state index contributed by atoms with van der Waals surface area (Å²) in [5.41, 5.74) is 5.74. The summed E-state index contributed by atoms with van der Waals surface area (Å²) in [4.78, 5) is 53.2. The molecule has 0 saturated heterocycles. The van der Waals surface area contributed by atoms with Gasteiger partial charge in [0.05, 0.1) is 0 Å². The van der Waals surface area contributed by atoms with E-state index in [1.165, 1.54) is 0 Å². The average molecular weight is 677 g/mol. The van der Waals surface area contributed by atoms with Gasteiger partial charge in [-0.3, -0.25) is 19.2 Å². The highest BCUT2D eigenvalue weighted by molar-refractivity contribution is 5.98. The lowest BCUT2D eigenvalue weighted by molar-refractivity contribution is -0.688. The van der Waals surface area contributed by atoms with Crippen molar-refractivity contribution in [1.82, 2.24) is 21.3 Å². The van der Waals surface area contributed by atoms with Crippen LogP contribution in [0.25, 0.3) is 11.1 Å². The zero-order chi connectivity index (χ0) is 35.8. The molecule has 3 atom stereocenters. The highest BCUT2D eigenvalue weighted by atomic mass is 16.2. The van der Waals surface area contributed by atoms with Gasteiger partial charge in [-0.25, -0.2) is 9.13 Å². The van der Waals surface area contributed by atoms with Crippen molar-refractivity contribution in [3.05, 3.63) is 120 Å². The Bertz CT molecular complexity index is 1790. The second kappa shape index (κ2) is 16.3. The molecule has 0 unspecified atom stereocenters. The zero-order valence-electron chi connectivity index (χ0n) is 29.5. The van der Waals surface area contributed by atoms with E-state index in [1.807, 2.05) is 76.5 Å². The van der Waals surface area contributed by atoms with Gasteiger partial charge in [0.25, 0.3) is 5.91 Å². The number of nitrogens with one attached hydrogen (secondary N) is 4. The van der Waals surface area contributed by atoms with E-state index >= 15 is 0 Å². The summed E-state index contributed by atoms with van der Waals surface area (Å²) in [5, 5.41) is 11.4. The minimum atomic E-state index is -0.885. The SMILES string of the molecule is CC(C)C[C@@H]1NC(=O)[C@H](C(C)C)NC(=O)c2ccc(cc2)C[n+]2ccc(cc2)-c2cc[n+](cc2)Cc2ccc(cc2)CNC(=O)[C@H](C)NC1=O. The van der Waals surface area contributed by atoms with Crippen LogP contribution in [-0.2, 0) is 34.0 Å². The maximum absolute atomic E-state index is 13.5. The third-order valence-electron chi connectivity index (χ3n) is 8.88. The highest BCUT2D eigenvalue weighted by Gasteiger charge is 2.30. The number of amides is 4. The molecule has 0 saturated carbocycles. The van der Waals surface area contributed by atoms with Crippen LogP contribution in [0.5, 0.6) is 0 Å². The van der Waals surface area contributed by atoms with Crippen molar-refractivity contribution in [2.24, 2.45) is 11.8 Å². The third-order valence-corrected chi connectivity index (χ3v) is 8.88.